The van der Waals surface area contributed by atoms with Gasteiger partial charge in [-0.15, -0.1) is 0 Å². The van der Waals surface area contributed by atoms with Crippen LogP contribution in [0.1, 0.15) is 0 Å². The van der Waals surface area contributed by atoms with Crippen molar-refractivity contribution < 1.29 is 13.2 Å². The summed E-state index contributed by atoms with van der Waals surface area (Å²) >= 11 is 3.14. The Morgan fingerprint density at radius 3 is 2.59 bits per heavy atom. The van der Waals surface area contributed by atoms with Crippen LogP contribution in [0.3, 0.4) is 0 Å². The fourth-order valence-corrected chi connectivity index (χ4v) is 3.49. The largest absolute Gasteiger partial charge is 0.354 e. The van der Waals surface area contributed by atoms with Gasteiger partial charge in [0.05, 0.1) is 4.90 Å². The first-order valence-corrected chi connectivity index (χ1v) is 7.36. The van der Waals surface area contributed by atoms with Crippen molar-refractivity contribution >= 4 is 31.7 Å². The van der Waals surface area contributed by atoms with Crippen LogP contribution in [0.15, 0.2) is 33.6 Å². The summed E-state index contributed by atoms with van der Waals surface area (Å²) in [7, 11) is -3.62. The molecule has 1 aromatic rings. The van der Waals surface area contributed by atoms with Crippen LogP contribution in [-0.4, -0.2) is 33.2 Å². The van der Waals surface area contributed by atoms with Crippen LogP contribution in [0.25, 0.3) is 0 Å². The zero-order valence-corrected chi connectivity index (χ0v) is 11.4. The number of hydrogen-bond donors (Lipinski definition) is 2. The van der Waals surface area contributed by atoms with Crippen molar-refractivity contribution in [2.75, 3.05) is 18.8 Å². The Hall–Kier alpha value is -0.920. The Balaban J connectivity index is 2.83. The molecule has 0 bridgehead atoms. The molecule has 17 heavy (non-hydrogen) atoms. The third-order valence-corrected chi connectivity index (χ3v) is 4.58. The monoisotopic (exact) mass is 320 g/mol. The maximum Gasteiger partial charge on any atom is 0.235 e. The lowest BCUT2D eigenvalue weighted by molar-refractivity contribution is -0.118. The summed E-state index contributed by atoms with van der Waals surface area (Å²) in [4.78, 5) is 11.5. The number of carbonyl (C=O) groups is 1. The SMILES string of the molecule is NCCNC(=O)CS(=O)(=O)c1ccccc1Br. The second kappa shape index (κ2) is 6.13. The Kier molecular flexibility index (Phi) is 5.10. The molecule has 0 saturated heterocycles. The van der Waals surface area contributed by atoms with Gasteiger partial charge in [-0.1, -0.05) is 12.1 Å². The van der Waals surface area contributed by atoms with Crippen molar-refractivity contribution in [1.29, 1.82) is 0 Å². The van der Waals surface area contributed by atoms with Crippen LogP contribution in [0, 0.1) is 0 Å². The standard InChI is InChI=1S/C10H13BrN2O3S/c11-8-3-1-2-4-9(8)17(15,16)7-10(14)13-6-5-12/h1-4H,5-7,12H2,(H,13,14). The summed E-state index contributed by atoms with van der Waals surface area (Å²) in [5, 5.41) is 2.42. The Morgan fingerprint density at radius 2 is 2.00 bits per heavy atom. The fourth-order valence-electron chi connectivity index (χ4n) is 1.21. The molecule has 0 saturated carbocycles. The topological polar surface area (TPSA) is 89.3 Å². The van der Waals surface area contributed by atoms with E-state index in [0.717, 1.165) is 0 Å². The number of nitrogens with one attached hydrogen (secondary N) is 1. The molecule has 0 aliphatic carbocycles. The minimum atomic E-state index is -3.62. The fraction of sp³-hybridized carbons (Fsp3) is 0.300. The summed E-state index contributed by atoms with van der Waals surface area (Å²) in [5.41, 5.74) is 5.20. The van der Waals surface area contributed by atoms with E-state index in [1.807, 2.05) is 0 Å². The molecule has 94 valence electrons. The molecule has 0 spiro atoms. The average Bonchev–Trinajstić information content (AvgIpc) is 2.26. The number of halogens is 1. The molecule has 0 fully saturated rings. The van der Waals surface area contributed by atoms with Gasteiger partial charge in [0, 0.05) is 17.6 Å². The lowest BCUT2D eigenvalue weighted by Gasteiger charge is -2.06. The van der Waals surface area contributed by atoms with Crippen molar-refractivity contribution in [2.45, 2.75) is 4.90 Å². The third kappa shape index (κ3) is 4.10. The number of benzene rings is 1. The van der Waals surface area contributed by atoms with Crippen LogP contribution >= 0.6 is 15.9 Å². The van der Waals surface area contributed by atoms with Crippen LogP contribution < -0.4 is 11.1 Å². The van der Waals surface area contributed by atoms with E-state index >= 15 is 0 Å². The molecule has 7 heteroatoms. The van der Waals surface area contributed by atoms with Gasteiger partial charge < -0.3 is 11.1 Å². The summed E-state index contributed by atoms with van der Waals surface area (Å²) < 4.78 is 24.3. The Labute approximate surface area is 108 Å². The Bertz CT molecular complexity index is 502. The molecule has 0 aromatic heterocycles. The van der Waals surface area contributed by atoms with E-state index in [9.17, 15) is 13.2 Å². The van der Waals surface area contributed by atoms with Crippen molar-refractivity contribution in [1.82, 2.24) is 5.32 Å². The van der Waals surface area contributed by atoms with E-state index in [2.05, 4.69) is 21.2 Å². The highest BCUT2D eigenvalue weighted by atomic mass is 79.9. The summed E-state index contributed by atoms with van der Waals surface area (Å²) in [5.74, 6) is -1.12. The highest BCUT2D eigenvalue weighted by Crippen LogP contribution is 2.22. The van der Waals surface area contributed by atoms with Gasteiger partial charge >= 0.3 is 0 Å². The maximum atomic E-state index is 11.9. The predicted octanol–water partition coefficient (Wildman–Crippen LogP) is 0.298. The third-order valence-electron chi connectivity index (χ3n) is 1.96. The average molecular weight is 321 g/mol. The van der Waals surface area contributed by atoms with E-state index < -0.39 is 21.5 Å². The van der Waals surface area contributed by atoms with Crippen molar-refractivity contribution in [3.05, 3.63) is 28.7 Å². The number of nitrogens with two attached hydrogens (primary N) is 1. The van der Waals surface area contributed by atoms with Crippen LogP contribution in [-0.2, 0) is 14.6 Å². The molecule has 3 N–H and O–H groups in total. The summed E-state index contributed by atoms with van der Waals surface area (Å²) in [6.45, 7) is 0.547. The molecule has 0 radical (unpaired) electrons. The van der Waals surface area contributed by atoms with Gasteiger partial charge in [0.2, 0.25) is 5.91 Å². The van der Waals surface area contributed by atoms with Gasteiger partial charge in [-0.2, -0.15) is 0 Å². The summed E-state index contributed by atoms with van der Waals surface area (Å²) in [6, 6.07) is 6.38. The number of amides is 1. The second-order valence-electron chi connectivity index (χ2n) is 3.33. The van der Waals surface area contributed by atoms with Gasteiger partial charge in [-0.25, -0.2) is 8.42 Å². The molecule has 0 aliphatic rings. The van der Waals surface area contributed by atoms with Crippen molar-refractivity contribution in [3.63, 3.8) is 0 Å². The first kappa shape index (κ1) is 14.1. The first-order valence-electron chi connectivity index (χ1n) is 4.91. The maximum absolute atomic E-state index is 11.9. The molecule has 5 nitrogen and oxygen atoms in total. The molecular weight excluding hydrogens is 308 g/mol. The Morgan fingerprint density at radius 1 is 1.35 bits per heavy atom. The number of carbonyl (C=O) groups excluding carboxylic acids is 1. The minimum absolute atomic E-state index is 0.114. The lowest BCUT2D eigenvalue weighted by Crippen LogP contribution is -2.33. The number of sulfone groups is 1. The van der Waals surface area contributed by atoms with Gasteiger partial charge in [-0.05, 0) is 28.1 Å². The molecule has 1 aromatic carbocycles. The van der Waals surface area contributed by atoms with Gasteiger partial charge in [-0.3, -0.25) is 4.79 Å². The van der Waals surface area contributed by atoms with Gasteiger partial charge in [0.1, 0.15) is 5.75 Å². The smallest absolute Gasteiger partial charge is 0.235 e. The molecule has 0 heterocycles. The van der Waals surface area contributed by atoms with Crippen LogP contribution in [0.4, 0.5) is 0 Å². The molecular formula is C10H13BrN2O3S. The van der Waals surface area contributed by atoms with E-state index in [4.69, 9.17) is 5.73 Å². The van der Waals surface area contributed by atoms with E-state index in [0.29, 0.717) is 4.47 Å². The van der Waals surface area contributed by atoms with Gasteiger partial charge in [0.15, 0.2) is 9.84 Å². The zero-order valence-electron chi connectivity index (χ0n) is 9.02. The minimum Gasteiger partial charge on any atom is -0.354 e. The first-order chi connectivity index (χ1) is 7.97. The zero-order chi connectivity index (χ0) is 12.9. The van der Waals surface area contributed by atoms with Crippen molar-refractivity contribution in [3.8, 4) is 0 Å². The highest BCUT2D eigenvalue weighted by molar-refractivity contribution is 9.10. The van der Waals surface area contributed by atoms with Crippen molar-refractivity contribution in [2.24, 2.45) is 5.73 Å². The summed E-state index contributed by atoms with van der Waals surface area (Å²) in [6.07, 6.45) is 0. The molecule has 0 unspecified atom stereocenters. The van der Waals surface area contributed by atoms with Crippen LogP contribution in [0.5, 0.6) is 0 Å². The predicted molar refractivity (Wildman–Crippen MR) is 68.3 cm³/mol. The van der Waals surface area contributed by atoms with E-state index in [1.165, 1.54) is 6.07 Å². The highest BCUT2D eigenvalue weighted by Gasteiger charge is 2.21. The second-order valence-corrected chi connectivity index (χ2v) is 6.14. The quantitative estimate of drug-likeness (QED) is 0.816. The molecule has 0 atom stereocenters. The number of rotatable bonds is 5. The number of hydrogen-bond acceptors (Lipinski definition) is 4. The molecule has 1 amide bonds. The van der Waals surface area contributed by atoms with E-state index in [-0.39, 0.29) is 18.0 Å². The molecule has 1 rings (SSSR count). The van der Waals surface area contributed by atoms with E-state index in [1.54, 1.807) is 18.2 Å². The van der Waals surface area contributed by atoms with Crippen LogP contribution in [0.2, 0.25) is 0 Å². The van der Waals surface area contributed by atoms with Gasteiger partial charge in [0.25, 0.3) is 0 Å². The lowest BCUT2D eigenvalue weighted by atomic mass is 10.4. The normalized spacial score (nSPS) is 11.2. The molecule has 0 aliphatic heterocycles.